The number of carbonyl (C=O) groups is 1. The Morgan fingerprint density at radius 1 is 1.38 bits per heavy atom. The highest BCUT2D eigenvalue weighted by Crippen LogP contribution is 2.18. The van der Waals surface area contributed by atoms with Gasteiger partial charge in [0, 0.05) is 31.4 Å². The molecule has 1 aliphatic heterocycles. The van der Waals surface area contributed by atoms with Crippen molar-refractivity contribution in [2.45, 2.75) is 52.2 Å². The zero-order valence-corrected chi connectivity index (χ0v) is 15.0. The number of nitrogens with zero attached hydrogens (tertiary/aromatic N) is 2. The summed E-state index contributed by atoms with van der Waals surface area (Å²) in [4.78, 5) is 18.8. The zero-order chi connectivity index (χ0) is 17.5. The van der Waals surface area contributed by atoms with Crippen LogP contribution in [0.25, 0.3) is 0 Å². The van der Waals surface area contributed by atoms with Crippen LogP contribution in [0.1, 0.15) is 38.8 Å². The van der Waals surface area contributed by atoms with E-state index in [2.05, 4.69) is 20.5 Å². The number of aryl methyl sites for hydroxylation is 1. The number of carbonyl (C=O) groups excluding carboxylic acids is 1. The lowest BCUT2D eigenvalue weighted by Gasteiger charge is -2.33. The predicted molar refractivity (Wildman–Crippen MR) is 96.2 cm³/mol. The molecule has 6 heteroatoms. The van der Waals surface area contributed by atoms with E-state index >= 15 is 0 Å². The van der Waals surface area contributed by atoms with E-state index in [4.69, 9.17) is 0 Å². The molecule has 0 aliphatic carbocycles. The molecule has 24 heavy (non-hydrogen) atoms. The SMILES string of the molecule is Cc1cccc(N2CCC(NC(=O)NCC(C)CC(C)O)CC2)n1. The summed E-state index contributed by atoms with van der Waals surface area (Å²) in [6, 6.07) is 6.17. The standard InChI is InChI=1S/C18H30N4O2/c1-13(11-15(3)23)12-19-18(24)21-16-7-9-22(10-8-16)17-6-4-5-14(2)20-17/h4-6,13,15-16,23H,7-12H2,1-3H3,(H2,19,21,24). The van der Waals surface area contributed by atoms with Gasteiger partial charge in [-0.2, -0.15) is 0 Å². The van der Waals surface area contributed by atoms with Crippen LogP contribution in [0.4, 0.5) is 10.6 Å². The molecule has 2 amide bonds. The normalized spacial score (nSPS) is 18.1. The number of rotatable bonds is 6. The van der Waals surface area contributed by atoms with Crippen LogP contribution in [0.15, 0.2) is 18.2 Å². The fraction of sp³-hybridized carbons (Fsp3) is 0.667. The van der Waals surface area contributed by atoms with Crippen molar-refractivity contribution in [1.82, 2.24) is 15.6 Å². The molecule has 2 rings (SSSR count). The fourth-order valence-electron chi connectivity index (χ4n) is 3.13. The molecule has 1 aromatic heterocycles. The number of nitrogens with one attached hydrogen (secondary N) is 2. The Bertz CT molecular complexity index is 528. The van der Waals surface area contributed by atoms with E-state index in [0.717, 1.165) is 37.4 Å². The number of amides is 2. The van der Waals surface area contributed by atoms with Crippen LogP contribution in [0, 0.1) is 12.8 Å². The van der Waals surface area contributed by atoms with Crippen LogP contribution in [-0.2, 0) is 0 Å². The third-order valence-corrected chi connectivity index (χ3v) is 4.38. The minimum Gasteiger partial charge on any atom is -0.393 e. The molecule has 1 saturated heterocycles. The summed E-state index contributed by atoms with van der Waals surface area (Å²) in [6.45, 7) is 8.19. The van der Waals surface area contributed by atoms with Gasteiger partial charge in [-0.05, 0) is 51.2 Å². The van der Waals surface area contributed by atoms with E-state index in [0.29, 0.717) is 13.0 Å². The predicted octanol–water partition coefficient (Wildman–Crippen LogP) is 2.07. The number of pyridine rings is 1. The minimum atomic E-state index is -0.329. The topological polar surface area (TPSA) is 77.5 Å². The van der Waals surface area contributed by atoms with Crippen LogP contribution < -0.4 is 15.5 Å². The maximum absolute atomic E-state index is 12.0. The van der Waals surface area contributed by atoms with Crippen molar-refractivity contribution < 1.29 is 9.90 Å². The van der Waals surface area contributed by atoms with Gasteiger partial charge in [0.2, 0.25) is 0 Å². The number of aliphatic hydroxyl groups excluding tert-OH is 1. The molecule has 0 spiro atoms. The summed E-state index contributed by atoms with van der Waals surface area (Å²) in [7, 11) is 0. The summed E-state index contributed by atoms with van der Waals surface area (Å²) in [6.07, 6.45) is 2.21. The highest BCUT2D eigenvalue weighted by atomic mass is 16.3. The van der Waals surface area contributed by atoms with Crippen molar-refractivity contribution in [2.75, 3.05) is 24.5 Å². The van der Waals surface area contributed by atoms with Gasteiger partial charge in [0.05, 0.1) is 6.10 Å². The van der Waals surface area contributed by atoms with Gasteiger partial charge in [-0.25, -0.2) is 9.78 Å². The lowest BCUT2D eigenvalue weighted by atomic mass is 10.0. The first kappa shape index (κ1) is 18.5. The average Bonchev–Trinajstić information content (AvgIpc) is 2.53. The van der Waals surface area contributed by atoms with Gasteiger partial charge in [-0.3, -0.25) is 0 Å². The first-order valence-electron chi connectivity index (χ1n) is 8.85. The van der Waals surface area contributed by atoms with Crippen molar-refractivity contribution in [3.8, 4) is 0 Å². The summed E-state index contributed by atoms with van der Waals surface area (Å²) in [5.74, 6) is 1.29. The van der Waals surface area contributed by atoms with Crippen molar-refractivity contribution in [2.24, 2.45) is 5.92 Å². The number of hydrogen-bond donors (Lipinski definition) is 3. The van der Waals surface area contributed by atoms with Gasteiger partial charge in [0.1, 0.15) is 5.82 Å². The summed E-state index contributed by atoms with van der Waals surface area (Å²) in [5, 5.41) is 15.3. The molecule has 2 unspecified atom stereocenters. The minimum absolute atomic E-state index is 0.112. The molecule has 0 saturated carbocycles. The molecule has 2 heterocycles. The molecule has 1 fully saturated rings. The number of hydrogen-bond acceptors (Lipinski definition) is 4. The maximum atomic E-state index is 12.0. The highest BCUT2D eigenvalue weighted by molar-refractivity contribution is 5.74. The second kappa shape index (κ2) is 8.87. The molecule has 2 atom stereocenters. The molecular formula is C18H30N4O2. The first-order valence-corrected chi connectivity index (χ1v) is 8.85. The number of aliphatic hydroxyl groups is 1. The lowest BCUT2D eigenvalue weighted by molar-refractivity contribution is 0.163. The fourth-order valence-corrected chi connectivity index (χ4v) is 3.13. The Morgan fingerprint density at radius 2 is 2.08 bits per heavy atom. The third-order valence-electron chi connectivity index (χ3n) is 4.38. The van der Waals surface area contributed by atoms with Gasteiger partial charge in [0.25, 0.3) is 0 Å². The zero-order valence-electron chi connectivity index (χ0n) is 15.0. The number of aromatic nitrogens is 1. The van der Waals surface area contributed by atoms with Crippen molar-refractivity contribution in [3.63, 3.8) is 0 Å². The lowest BCUT2D eigenvalue weighted by Crippen LogP contribution is -2.48. The summed E-state index contributed by atoms with van der Waals surface area (Å²) >= 11 is 0. The first-order chi connectivity index (χ1) is 11.4. The Hall–Kier alpha value is -1.82. The smallest absolute Gasteiger partial charge is 0.315 e. The van der Waals surface area contributed by atoms with Crippen LogP contribution in [0.3, 0.4) is 0 Å². The largest absolute Gasteiger partial charge is 0.393 e. The van der Waals surface area contributed by atoms with Crippen LogP contribution in [-0.4, -0.2) is 47.9 Å². The molecule has 1 aliphatic rings. The molecule has 134 valence electrons. The van der Waals surface area contributed by atoms with E-state index in [1.54, 1.807) is 6.92 Å². The molecule has 6 nitrogen and oxygen atoms in total. The van der Waals surface area contributed by atoms with Gasteiger partial charge < -0.3 is 20.6 Å². The summed E-state index contributed by atoms with van der Waals surface area (Å²) in [5.41, 5.74) is 1.03. The molecule has 3 N–H and O–H groups in total. The quantitative estimate of drug-likeness (QED) is 0.744. The number of piperidine rings is 1. The van der Waals surface area contributed by atoms with Crippen molar-refractivity contribution >= 4 is 11.8 Å². The van der Waals surface area contributed by atoms with E-state index in [9.17, 15) is 9.90 Å². The monoisotopic (exact) mass is 334 g/mol. The third kappa shape index (κ3) is 6.00. The molecule has 0 radical (unpaired) electrons. The van der Waals surface area contributed by atoms with Crippen LogP contribution in [0.5, 0.6) is 0 Å². The molecule has 1 aromatic rings. The van der Waals surface area contributed by atoms with Crippen LogP contribution in [0.2, 0.25) is 0 Å². The van der Waals surface area contributed by atoms with Gasteiger partial charge in [-0.1, -0.05) is 13.0 Å². The van der Waals surface area contributed by atoms with Gasteiger partial charge in [0.15, 0.2) is 0 Å². The molecular weight excluding hydrogens is 304 g/mol. The van der Waals surface area contributed by atoms with E-state index in [1.165, 1.54) is 0 Å². The van der Waals surface area contributed by atoms with E-state index in [1.807, 2.05) is 32.0 Å². The number of urea groups is 1. The Morgan fingerprint density at radius 3 is 2.71 bits per heavy atom. The molecule has 0 aromatic carbocycles. The Labute approximate surface area is 144 Å². The van der Waals surface area contributed by atoms with Gasteiger partial charge >= 0.3 is 6.03 Å². The maximum Gasteiger partial charge on any atom is 0.315 e. The van der Waals surface area contributed by atoms with Crippen molar-refractivity contribution in [3.05, 3.63) is 23.9 Å². The number of anilines is 1. The Balaban J connectivity index is 1.70. The van der Waals surface area contributed by atoms with E-state index in [-0.39, 0.29) is 24.1 Å². The average molecular weight is 334 g/mol. The summed E-state index contributed by atoms with van der Waals surface area (Å²) < 4.78 is 0. The second-order valence-corrected chi connectivity index (χ2v) is 6.94. The Kier molecular flexibility index (Phi) is 6.85. The van der Waals surface area contributed by atoms with Crippen LogP contribution >= 0.6 is 0 Å². The second-order valence-electron chi connectivity index (χ2n) is 6.94. The van der Waals surface area contributed by atoms with Gasteiger partial charge in [-0.15, -0.1) is 0 Å². The highest BCUT2D eigenvalue weighted by Gasteiger charge is 2.21. The van der Waals surface area contributed by atoms with Crippen molar-refractivity contribution in [1.29, 1.82) is 0 Å². The molecule has 0 bridgehead atoms. The van der Waals surface area contributed by atoms with E-state index < -0.39 is 0 Å².